The van der Waals surface area contributed by atoms with Crippen molar-refractivity contribution in [3.63, 3.8) is 0 Å². The van der Waals surface area contributed by atoms with Crippen LogP contribution in [0.5, 0.6) is 0 Å². The standard InChI is InChI=1S/C22H42O13/c23-21(24)1-3-27-5-7-29-9-11-31-13-15-33-17-19-35-20-18-34-16-14-32-12-10-30-8-6-28-4-2-22(25)26/h1-20H2,(H,23,24)(H,25,26). The summed E-state index contributed by atoms with van der Waals surface area (Å²) in [5, 5.41) is 16.9. The molecule has 35 heavy (non-hydrogen) atoms. The van der Waals surface area contributed by atoms with Gasteiger partial charge in [-0.15, -0.1) is 0 Å². The predicted molar refractivity (Wildman–Crippen MR) is 122 cm³/mol. The van der Waals surface area contributed by atoms with E-state index in [4.69, 9.17) is 52.8 Å². The molecule has 0 aliphatic heterocycles. The number of ether oxygens (including phenoxy) is 9. The van der Waals surface area contributed by atoms with Crippen LogP contribution in [0, 0.1) is 0 Å². The third-order valence-corrected chi connectivity index (χ3v) is 3.90. The zero-order chi connectivity index (χ0) is 25.7. The van der Waals surface area contributed by atoms with Gasteiger partial charge in [-0.05, 0) is 0 Å². The summed E-state index contributed by atoms with van der Waals surface area (Å²) in [5.41, 5.74) is 0. The van der Waals surface area contributed by atoms with Crippen LogP contribution in [-0.2, 0) is 52.2 Å². The molecule has 0 amide bonds. The second-order valence-corrected chi connectivity index (χ2v) is 6.80. The summed E-state index contributed by atoms with van der Waals surface area (Å²) in [4.78, 5) is 20.6. The van der Waals surface area contributed by atoms with E-state index in [-0.39, 0.29) is 26.1 Å². The van der Waals surface area contributed by atoms with Gasteiger partial charge < -0.3 is 52.8 Å². The maximum absolute atomic E-state index is 10.3. The first kappa shape index (κ1) is 33.6. The maximum Gasteiger partial charge on any atom is 0.305 e. The molecule has 0 fully saturated rings. The Morgan fingerprint density at radius 1 is 0.314 bits per heavy atom. The van der Waals surface area contributed by atoms with E-state index in [0.29, 0.717) is 106 Å². The molecule has 0 aromatic carbocycles. The fraction of sp³-hybridized carbons (Fsp3) is 0.909. The van der Waals surface area contributed by atoms with E-state index < -0.39 is 11.9 Å². The largest absolute Gasteiger partial charge is 0.481 e. The number of hydrogen-bond acceptors (Lipinski definition) is 11. The number of carboxylic acid groups (broad SMARTS) is 2. The van der Waals surface area contributed by atoms with Crippen molar-refractivity contribution >= 4 is 11.9 Å². The van der Waals surface area contributed by atoms with E-state index in [1.807, 2.05) is 0 Å². The number of rotatable bonds is 30. The number of carboxylic acids is 2. The van der Waals surface area contributed by atoms with Crippen LogP contribution < -0.4 is 0 Å². The van der Waals surface area contributed by atoms with E-state index in [9.17, 15) is 9.59 Å². The van der Waals surface area contributed by atoms with E-state index in [0.717, 1.165) is 0 Å². The second-order valence-electron chi connectivity index (χ2n) is 6.80. The number of aliphatic carboxylic acids is 2. The Morgan fingerprint density at radius 3 is 0.600 bits per heavy atom. The molecule has 0 unspecified atom stereocenters. The van der Waals surface area contributed by atoms with Crippen LogP contribution in [0.1, 0.15) is 12.8 Å². The molecule has 0 spiro atoms. The van der Waals surface area contributed by atoms with Crippen LogP contribution in [0.3, 0.4) is 0 Å². The molecule has 208 valence electrons. The summed E-state index contributed by atoms with van der Waals surface area (Å²) in [6.45, 7) is 7.46. The molecule has 0 atom stereocenters. The SMILES string of the molecule is O=C(O)CCOCCOCCOCCOCCOCCOCCOCCOCCOCCC(=O)O. The molecule has 0 aliphatic carbocycles. The van der Waals surface area contributed by atoms with E-state index in [1.165, 1.54) is 0 Å². The predicted octanol–water partition coefficient (Wildman–Crippen LogP) is 0.0852. The maximum atomic E-state index is 10.3. The topological polar surface area (TPSA) is 158 Å². The molecule has 0 heterocycles. The van der Waals surface area contributed by atoms with E-state index in [2.05, 4.69) is 0 Å². The molecular formula is C22H42O13. The van der Waals surface area contributed by atoms with Crippen molar-refractivity contribution in [2.45, 2.75) is 12.8 Å². The lowest BCUT2D eigenvalue weighted by atomic mass is 10.5. The lowest BCUT2D eigenvalue weighted by molar-refractivity contribution is -0.139. The van der Waals surface area contributed by atoms with Crippen LogP contribution in [-0.4, -0.2) is 141 Å². The third-order valence-electron chi connectivity index (χ3n) is 3.90. The fourth-order valence-corrected chi connectivity index (χ4v) is 2.18. The molecule has 0 rings (SSSR count). The van der Waals surface area contributed by atoms with Crippen LogP contribution >= 0.6 is 0 Å². The van der Waals surface area contributed by atoms with E-state index >= 15 is 0 Å². The lowest BCUT2D eigenvalue weighted by Crippen LogP contribution is -2.15. The van der Waals surface area contributed by atoms with Crippen molar-refractivity contribution in [2.24, 2.45) is 0 Å². The molecule has 0 saturated carbocycles. The highest BCUT2D eigenvalue weighted by molar-refractivity contribution is 5.67. The van der Waals surface area contributed by atoms with Gasteiger partial charge in [0.15, 0.2) is 0 Å². The lowest BCUT2D eigenvalue weighted by Gasteiger charge is -2.08. The van der Waals surface area contributed by atoms with Gasteiger partial charge in [0.05, 0.1) is 132 Å². The van der Waals surface area contributed by atoms with Crippen molar-refractivity contribution in [1.29, 1.82) is 0 Å². The average molecular weight is 515 g/mol. The monoisotopic (exact) mass is 514 g/mol. The van der Waals surface area contributed by atoms with Crippen molar-refractivity contribution in [2.75, 3.05) is 119 Å². The van der Waals surface area contributed by atoms with Crippen LogP contribution in [0.4, 0.5) is 0 Å². The molecule has 0 bridgehead atoms. The Morgan fingerprint density at radius 2 is 0.457 bits per heavy atom. The molecular weight excluding hydrogens is 472 g/mol. The first-order chi connectivity index (χ1) is 17.1. The molecule has 0 aromatic rings. The summed E-state index contributed by atoms with van der Waals surface area (Å²) in [7, 11) is 0. The van der Waals surface area contributed by atoms with Crippen LogP contribution in [0.2, 0.25) is 0 Å². The molecule has 2 N–H and O–H groups in total. The Balaban J connectivity index is 3.03. The Kier molecular flexibility index (Phi) is 27.6. The minimum atomic E-state index is -0.878. The molecule has 13 nitrogen and oxygen atoms in total. The van der Waals surface area contributed by atoms with Gasteiger partial charge in [0.1, 0.15) is 0 Å². The van der Waals surface area contributed by atoms with Gasteiger partial charge >= 0.3 is 11.9 Å². The quantitative estimate of drug-likeness (QED) is 0.124. The molecule has 0 saturated heterocycles. The number of carbonyl (C=O) groups is 2. The zero-order valence-electron chi connectivity index (χ0n) is 20.5. The average Bonchev–Trinajstić information content (AvgIpc) is 2.82. The summed E-state index contributed by atoms with van der Waals surface area (Å²) in [6, 6.07) is 0. The van der Waals surface area contributed by atoms with Crippen molar-refractivity contribution in [3.05, 3.63) is 0 Å². The zero-order valence-corrected chi connectivity index (χ0v) is 20.5. The van der Waals surface area contributed by atoms with Gasteiger partial charge in [-0.25, -0.2) is 0 Å². The number of hydrogen-bond donors (Lipinski definition) is 2. The Bertz CT molecular complexity index is 425. The smallest absolute Gasteiger partial charge is 0.305 e. The fourth-order valence-electron chi connectivity index (χ4n) is 2.18. The summed E-state index contributed by atoms with van der Waals surface area (Å²) < 4.78 is 47.7. The Labute approximate surface area is 206 Å². The van der Waals surface area contributed by atoms with Gasteiger partial charge in [0.2, 0.25) is 0 Å². The second kappa shape index (κ2) is 28.8. The highest BCUT2D eigenvalue weighted by Gasteiger charge is 1.98. The summed E-state index contributed by atoms with van der Waals surface area (Å²) in [6.07, 6.45) is -0.0111. The Hall–Kier alpha value is -1.42. The minimum Gasteiger partial charge on any atom is -0.481 e. The van der Waals surface area contributed by atoms with Crippen LogP contribution in [0.25, 0.3) is 0 Å². The highest BCUT2D eigenvalue weighted by Crippen LogP contribution is 1.87. The van der Waals surface area contributed by atoms with Gasteiger partial charge in [0, 0.05) is 0 Å². The minimum absolute atomic E-state index is 0.00554. The first-order valence-corrected chi connectivity index (χ1v) is 11.8. The van der Waals surface area contributed by atoms with Gasteiger partial charge in [-0.3, -0.25) is 9.59 Å². The third kappa shape index (κ3) is 32.6. The highest BCUT2D eigenvalue weighted by atomic mass is 16.6. The summed E-state index contributed by atoms with van der Waals surface area (Å²) in [5.74, 6) is -1.76. The van der Waals surface area contributed by atoms with Crippen molar-refractivity contribution in [3.8, 4) is 0 Å². The van der Waals surface area contributed by atoms with Gasteiger partial charge in [0.25, 0.3) is 0 Å². The van der Waals surface area contributed by atoms with Gasteiger partial charge in [-0.2, -0.15) is 0 Å². The van der Waals surface area contributed by atoms with Gasteiger partial charge in [-0.1, -0.05) is 0 Å². The molecule has 0 aromatic heterocycles. The normalized spacial score (nSPS) is 11.2. The molecule has 13 heteroatoms. The van der Waals surface area contributed by atoms with E-state index in [1.54, 1.807) is 0 Å². The first-order valence-electron chi connectivity index (χ1n) is 11.8. The van der Waals surface area contributed by atoms with Crippen LogP contribution in [0.15, 0.2) is 0 Å². The summed E-state index contributed by atoms with van der Waals surface area (Å²) >= 11 is 0. The molecule has 0 radical (unpaired) electrons. The molecule has 0 aliphatic rings. The van der Waals surface area contributed by atoms with Crippen molar-refractivity contribution < 1.29 is 62.4 Å². The van der Waals surface area contributed by atoms with Crippen molar-refractivity contribution in [1.82, 2.24) is 0 Å².